The van der Waals surface area contributed by atoms with Crippen molar-refractivity contribution in [3.63, 3.8) is 0 Å². The van der Waals surface area contributed by atoms with E-state index >= 15 is 0 Å². The van der Waals surface area contributed by atoms with Crippen LogP contribution in [0, 0.1) is 0 Å². The summed E-state index contributed by atoms with van der Waals surface area (Å²) in [7, 11) is 1.74. The number of amides is 1. The molecule has 0 saturated heterocycles. The predicted octanol–water partition coefficient (Wildman–Crippen LogP) is 1.76. The number of rotatable bonds is 4. The molecule has 0 bridgehead atoms. The van der Waals surface area contributed by atoms with Gasteiger partial charge in [0.05, 0.1) is 12.5 Å². The molecule has 0 aliphatic heterocycles. The lowest BCUT2D eigenvalue weighted by Gasteiger charge is -2.11. The van der Waals surface area contributed by atoms with Gasteiger partial charge >= 0.3 is 0 Å². The Hall–Kier alpha value is -2.41. The normalized spacial score (nSPS) is 12.5. The van der Waals surface area contributed by atoms with E-state index in [1.54, 1.807) is 7.05 Å². The summed E-state index contributed by atoms with van der Waals surface area (Å²) in [6.45, 7) is 1.84. The summed E-state index contributed by atoms with van der Waals surface area (Å²) in [4.78, 5) is 15.4. The minimum absolute atomic E-state index is 0.101. The number of hydrogen-bond acceptors (Lipinski definition) is 4. The second-order valence-electron chi connectivity index (χ2n) is 5.13. The first kappa shape index (κ1) is 14.5. The van der Waals surface area contributed by atoms with Crippen LogP contribution in [0.25, 0.3) is 10.9 Å². The van der Waals surface area contributed by atoms with E-state index in [9.17, 15) is 4.79 Å². The van der Waals surface area contributed by atoms with Gasteiger partial charge in [-0.3, -0.25) is 4.79 Å². The van der Waals surface area contributed by atoms with Gasteiger partial charge in [0.1, 0.15) is 0 Å². The Morgan fingerprint density at radius 2 is 2.32 bits per heavy atom. The highest BCUT2D eigenvalue weighted by atomic mass is 35.5. The number of aromatic nitrogens is 5. The van der Waals surface area contributed by atoms with Gasteiger partial charge in [-0.2, -0.15) is 0 Å². The van der Waals surface area contributed by atoms with Crippen LogP contribution in [0.5, 0.6) is 0 Å². The van der Waals surface area contributed by atoms with E-state index in [0.717, 1.165) is 16.5 Å². The van der Waals surface area contributed by atoms with Crippen LogP contribution in [-0.2, 0) is 18.3 Å². The third kappa shape index (κ3) is 2.80. The Bertz CT molecular complexity index is 824. The van der Waals surface area contributed by atoms with Crippen LogP contribution in [0.4, 0.5) is 0 Å². The lowest BCUT2D eigenvalue weighted by molar-refractivity contribution is -0.121. The minimum atomic E-state index is -0.263. The summed E-state index contributed by atoms with van der Waals surface area (Å²) in [5, 5.41) is 15.7. The molecule has 0 radical (unpaired) electrons. The summed E-state index contributed by atoms with van der Waals surface area (Å²) in [6.07, 6.45) is 2.09. The van der Waals surface area contributed by atoms with Gasteiger partial charge < -0.3 is 10.3 Å². The number of aryl methyl sites for hydroxylation is 1. The average molecular weight is 319 g/mol. The number of tetrazole rings is 1. The van der Waals surface area contributed by atoms with E-state index in [4.69, 9.17) is 11.6 Å². The molecule has 2 heterocycles. The first-order chi connectivity index (χ1) is 10.5. The fraction of sp³-hybridized carbons (Fsp3) is 0.286. The molecule has 7 nitrogen and oxygen atoms in total. The Morgan fingerprint density at radius 1 is 1.50 bits per heavy atom. The standard InChI is InChI=1S/C14H15ClN6O/c1-8(14-18-19-20-21(14)2)17-13(22)5-9-7-16-12-4-3-10(15)6-11(9)12/h3-4,6-8,16H,5H2,1-2H3,(H,17,22). The van der Waals surface area contributed by atoms with Gasteiger partial charge in [-0.1, -0.05) is 11.6 Å². The molecule has 0 aliphatic rings. The fourth-order valence-electron chi connectivity index (χ4n) is 2.43. The number of nitrogens with one attached hydrogen (secondary N) is 2. The van der Waals surface area contributed by atoms with Crippen LogP contribution in [0.2, 0.25) is 5.02 Å². The molecule has 1 aromatic carbocycles. The number of benzene rings is 1. The van der Waals surface area contributed by atoms with E-state index in [-0.39, 0.29) is 18.4 Å². The van der Waals surface area contributed by atoms with Crippen LogP contribution >= 0.6 is 11.6 Å². The highest BCUT2D eigenvalue weighted by Gasteiger charge is 2.16. The quantitative estimate of drug-likeness (QED) is 0.767. The molecule has 0 fully saturated rings. The average Bonchev–Trinajstić information content (AvgIpc) is 3.05. The molecule has 2 aromatic heterocycles. The van der Waals surface area contributed by atoms with E-state index in [1.165, 1.54) is 4.68 Å². The van der Waals surface area contributed by atoms with Crippen LogP contribution in [0.3, 0.4) is 0 Å². The maximum Gasteiger partial charge on any atom is 0.225 e. The summed E-state index contributed by atoms with van der Waals surface area (Å²) >= 11 is 6.01. The van der Waals surface area contributed by atoms with Crippen LogP contribution < -0.4 is 5.32 Å². The fourth-order valence-corrected chi connectivity index (χ4v) is 2.60. The number of carbonyl (C=O) groups excluding carboxylic acids is 1. The maximum absolute atomic E-state index is 12.2. The second-order valence-corrected chi connectivity index (χ2v) is 5.57. The molecule has 1 atom stereocenters. The number of hydrogen-bond donors (Lipinski definition) is 2. The number of carbonyl (C=O) groups is 1. The van der Waals surface area contributed by atoms with Gasteiger partial charge in [0.15, 0.2) is 5.82 Å². The van der Waals surface area contributed by atoms with Crippen molar-refractivity contribution in [2.75, 3.05) is 0 Å². The maximum atomic E-state index is 12.2. The molecule has 0 spiro atoms. The molecule has 3 rings (SSSR count). The van der Waals surface area contributed by atoms with Gasteiger partial charge in [0.2, 0.25) is 5.91 Å². The van der Waals surface area contributed by atoms with Crippen molar-refractivity contribution < 1.29 is 4.79 Å². The van der Waals surface area contributed by atoms with Crippen LogP contribution in [-0.4, -0.2) is 31.1 Å². The third-order valence-corrected chi connectivity index (χ3v) is 3.73. The summed E-state index contributed by atoms with van der Waals surface area (Å²) in [6, 6.07) is 5.30. The number of H-pyrrole nitrogens is 1. The van der Waals surface area contributed by atoms with E-state index < -0.39 is 0 Å². The highest BCUT2D eigenvalue weighted by molar-refractivity contribution is 6.31. The van der Waals surface area contributed by atoms with Crippen molar-refractivity contribution in [2.24, 2.45) is 7.05 Å². The van der Waals surface area contributed by atoms with Gasteiger partial charge in [0, 0.05) is 29.2 Å². The molecular formula is C14H15ClN6O. The summed E-state index contributed by atoms with van der Waals surface area (Å²) in [5.74, 6) is 0.506. The van der Waals surface area contributed by atoms with Gasteiger partial charge in [0.25, 0.3) is 0 Å². The van der Waals surface area contributed by atoms with E-state index in [2.05, 4.69) is 25.8 Å². The van der Waals surface area contributed by atoms with E-state index in [0.29, 0.717) is 10.8 Å². The molecule has 22 heavy (non-hydrogen) atoms. The molecule has 0 saturated carbocycles. The lowest BCUT2D eigenvalue weighted by atomic mass is 10.1. The Labute approximate surface area is 131 Å². The largest absolute Gasteiger partial charge is 0.361 e. The Balaban J connectivity index is 1.73. The molecule has 1 amide bonds. The van der Waals surface area contributed by atoms with Gasteiger partial charge in [-0.15, -0.1) is 5.10 Å². The topological polar surface area (TPSA) is 88.5 Å². The van der Waals surface area contributed by atoms with Crippen molar-refractivity contribution >= 4 is 28.4 Å². The van der Waals surface area contributed by atoms with Gasteiger partial charge in [-0.05, 0) is 41.1 Å². The first-order valence-electron chi connectivity index (χ1n) is 6.81. The number of halogens is 1. The lowest BCUT2D eigenvalue weighted by Crippen LogP contribution is -2.29. The van der Waals surface area contributed by atoms with Crippen molar-refractivity contribution in [1.29, 1.82) is 0 Å². The molecule has 114 valence electrons. The summed E-state index contributed by atoms with van der Waals surface area (Å²) in [5.41, 5.74) is 1.86. The van der Waals surface area contributed by atoms with Crippen LogP contribution in [0.1, 0.15) is 24.4 Å². The van der Waals surface area contributed by atoms with Crippen LogP contribution in [0.15, 0.2) is 24.4 Å². The molecule has 0 aliphatic carbocycles. The number of nitrogens with zero attached hydrogens (tertiary/aromatic N) is 4. The smallest absolute Gasteiger partial charge is 0.225 e. The predicted molar refractivity (Wildman–Crippen MR) is 82.4 cm³/mol. The number of aromatic amines is 1. The zero-order chi connectivity index (χ0) is 15.7. The second kappa shape index (κ2) is 5.76. The molecule has 1 unspecified atom stereocenters. The molecular weight excluding hydrogens is 304 g/mol. The van der Waals surface area contributed by atoms with Gasteiger partial charge in [-0.25, -0.2) is 4.68 Å². The molecule has 8 heteroatoms. The third-order valence-electron chi connectivity index (χ3n) is 3.50. The monoisotopic (exact) mass is 318 g/mol. The number of fused-ring (bicyclic) bond motifs is 1. The SMILES string of the molecule is CC(NC(=O)Cc1c[nH]c2ccc(Cl)cc12)c1nnnn1C. The Morgan fingerprint density at radius 3 is 3.05 bits per heavy atom. The van der Waals surface area contributed by atoms with E-state index in [1.807, 2.05) is 31.3 Å². The zero-order valence-electron chi connectivity index (χ0n) is 12.2. The van der Waals surface area contributed by atoms with Crippen molar-refractivity contribution in [3.05, 3.63) is 40.8 Å². The van der Waals surface area contributed by atoms with Crippen molar-refractivity contribution in [1.82, 2.24) is 30.5 Å². The zero-order valence-corrected chi connectivity index (χ0v) is 12.9. The first-order valence-corrected chi connectivity index (χ1v) is 7.19. The highest BCUT2D eigenvalue weighted by Crippen LogP contribution is 2.22. The molecule has 2 N–H and O–H groups in total. The Kier molecular flexibility index (Phi) is 3.81. The minimum Gasteiger partial charge on any atom is -0.361 e. The summed E-state index contributed by atoms with van der Waals surface area (Å²) < 4.78 is 1.54. The van der Waals surface area contributed by atoms with Crippen molar-refractivity contribution in [3.8, 4) is 0 Å². The van der Waals surface area contributed by atoms with Crippen molar-refractivity contribution in [2.45, 2.75) is 19.4 Å². The molecule has 3 aromatic rings.